The highest BCUT2D eigenvalue weighted by molar-refractivity contribution is 5.92. The van der Waals surface area contributed by atoms with Crippen molar-refractivity contribution in [3.05, 3.63) is 48.8 Å². The zero-order valence-corrected chi connectivity index (χ0v) is 20.8. The largest absolute Gasteiger partial charge is 0.493 e. The molecule has 2 aromatic carbocycles. The molecule has 2 aliphatic rings. The fourth-order valence-corrected chi connectivity index (χ4v) is 5.08. The number of benzene rings is 2. The molecule has 2 amide bonds. The minimum absolute atomic E-state index is 0.140. The van der Waals surface area contributed by atoms with Crippen LogP contribution in [0, 0.1) is 0 Å². The molecule has 0 atom stereocenters. The highest BCUT2D eigenvalue weighted by Crippen LogP contribution is 2.27. The number of nitrogens with zero attached hydrogens (tertiary/aromatic N) is 3. The molecule has 1 saturated carbocycles. The Morgan fingerprint density at radius 3 is 2.53 bits per heavy atom. The summed E-state index contributed by atoms with van der Waals surface area (Å²) >= 11 is 0. The molecule has 3 aromatic rings. The topological polar surface area (TPSA) is 91.4 Å². The van der Waals surface area contributed by atoms with Crippen LogP contribution in [-0.4, -0.2) is 53.2 Å². The van der Waals surface area contributed by atoms with Crippen LogP contribution < -0.4 is 20.7 Å². The van der Waals surface area contributed by atoms with Crippen molar-refractivity contribution < 1.29 is 9.53 Å². The lowest BCUT2D eigenvalue weighted by Crippen LogP contribution is -2.38. The van der Waals surface area contributed by atoms with Gasteiger partial charge in [0.25, 0.3) is 0 Å². The first kappa shape index (κ1) is 24.3. The Bertz CT molecular complexity index is 1140. The second-order valence-electron chi connectivity index (χ2n) is 9.79. The zero-order chi connectivity index (χ0) is 24.6. The third kappa shape index (κ3) is 6.63. The standard InChI is InChI=1S/C28H36N6O2/c35-28(32-21-7-2-1-3-8-21)33-23-11-9-22(10-12-23)31-27-25-14-13-24(19-26(25)29-20-30-27)36-18-6-17-34-15-4-5-16-34/h9-14,19-21H,1-8,15-18H2,(H,29,30,31)(H2,32,33,35). The van der Waals surface area contributed by atoms with Crippen LogP contribution in [0.1, 0.15) is 51.4 Å². The van der Waals surface area contributed by atoms with E-state index in [1.807, 2.05) is 42.5 Å². The van der Waals surface area contributed by atoms with Crippen molar-refractivity contribution in [3.63, 3.8) is 0 Å². The number of likely N-dealkylation sites (tertiary alicyclic amines) is 1. The summed E-state index contributed by atoms with van der Waals surface area (Å²) in [6.07, 6.45) is 11.0. The number of ether oxygens (including phenoxy) is 1. The van der Waals surface area contributed by atoms with Gasteiger partial charge in [0, 0.05) is 35.4 Å². The van der Waals surface area contributed by atoms with E-state index in [9.17, 15) is 4.79 Å². The van der Waals surface area contributed by atoms with Crippen LogP contribution in [0.25, 0.3) is 10.9 Å². The summed E-state index contributed by atoms with van der Waals surface area (Å²) in [7, 11) is 0. The van der Waals surface area contributed by atoms with Gasteiger partial charge in [-0.1, -0.05) is 19.3 Å². The van der Waals surface area contributed by atoms with Gasteiger partial charge in [-0.05, 0) is 81.6 Å². The van der Waals surface area contributed by atoms with Crippen LogP contribution in [-0.2, 0) is 0 Å². The van der Waals surface area contributed by atoms with Gasteiger partial charge in [0.2, 0.25) is 0 Å². The summed E-state index contributed by atoms with van der Waals surface area (Å²) in [6.45, 7) is 4.25. The first-order valence-corrected chi connectivity index (χ1v) is 13.3. The van der Waals surface area contributed by atoms with Crippen LogP contribution >= 0.6 is 0 Å². The summed E-state index contributed by atoms with van der Waals surface area (Å²) in [4.78, 5) is 23.7. The Morgan fingerprint density at radius 2 is 1.72 bits per heavy atom. The molecule has 0 radical (unpaired) electrons. The summed E-state index contributed by atoms with van der Waals surface area (Å²) in [5.74, 6) is 1.56. The molecule has 0 bridgehead atoms. The van der Waals surface area contributed by atoms with E-state index in [0.717, 1.165) is 59.7 Å². The van der Waals surface area contributed by atoms with E-state index in [0.29, 0.717) is 6.61 Å². The maximum Gasteiger partial charge on any atom is 0.319 e. The highest BCUT2D eigenvalue weighted by Gasteiger charge is 2.15. The molecule has 8 nitrogen and oxygen atoms in total. The lowest BCUT2D eigenvalue weighted by atomic mass is 9.96. The molecule has 2 heterocycles. The van der Waals surface area contributed by atoms with Crippen LogP contribution in [0.3, 0.4) is 0 Å². The number of aromatic nitrogens is 2. The molecular formula is C28H36N6O2. The smallest absolute Gasteiger partial charge is 0.319 e. The van der Waals surface area contributed by atoms with Crippen LogP contribution in [0.4, 0.5) is 22.0 Å². The van der Waals surface area contributed by atoms with Gasteiger partial charge >= 0.3 is 6.03 Å². The van der Waals surface area contributed by atoms with E-state index in [-0.39, 0.29) is 12.1 Å². The van der Waals surface area contributed by atoms with Gasteiger partial charge in [0.05, 0.1) is 12.1 Å². The molecule has 1 aromatic heterocycles. The Labute approximate surface area is 212 Å². The quantitative estimate of drug-likeness (QED) is 0.335. The molecule has 3 N–H and O–H groups in total. The van der Waals surface area contributed by atoms with E-state index in [4.69, 9.17) is 4.74 Å². The maximum atomic E-state index is 12.3. The Balaban J connectivity index is 1.15. The van der Waals surface area contributed by atoms with Gasteiger partial charge in [0.1, 0.15) is 17.9 Å². The normalized spacial score (nSPS) is 16.7. The minimum atomic E-state index is -0.140. The van der Waals surface area contributed by atoms with Crippen molar-refractivity contribution in [3.8, 4) is 5.75 Å². The van der Waals surface area contributed by atoms with Gasteiger partial charge in [-0.3, -0.25) is 0 Å². The molecule has 36 heavy (non-hydrogen) atoms. The number of anilines is 3. The Hall–Kier alpha value is -3.39. The number of rotatable bonds is 9. The third-order valence-corrected chi connectivity index (χ3v) is 7.04. The highest BCUT2D eigenvalue weighted by atomic mass is 16.5. The second kappa shape index (κ2) is 12.0. The van der Waals surface area contributed by atoms with Crippen molar-refractivity contribution in [2.24, 2.45) is 0 Å². The van der Waals surface area contributed by atoms with Gasteiger partial charge in [-0.2, -0.15) is 0 Å². The van der Waals surface area contributed by atoms with Gasteiger partial charge in [-0.15, -0.1) is 0 Å². The van der Waals surface area contributed by atoms with Crippen LogP contribution in [0.15, 0.2) is 48.8 Å². The Morgan fingerprint density at radius 1 is 0.944 bits per heavy atom. The number of carbonyl (C=O) groups excluding carboxylic acids is 1. The lowest BCUT2D eigenvalue weighted by Gasteiger charge is -2.22. The molecular weight excluding hydrogens is 452 g/mol. The third-order valence-electron chi connectivity index (χ3n) is 7.04. The van der Waals surface area contributed by atoms with Crippen LogP contribution in [0.5, 0.6) is 5.75 Å². The number of urea groups is 1. The zero-order valence-electron chi connectivity index (χ0n) is 20.8. The first-order chi connectivity index (χ1) is 17.7. The Kier molecular flexibility index (Phi) is 8.13. The average molecular weight is 489 g/mol. The van der Waals surface area contributed by atoms with Crippen molar-refractivity contribution >= 4 is 34.1 Å². The SMILES string of the molecule is O=C(Nc1ccc(Nc2ncnc3cc(OCCCN4CCCC4)ccc23)cc1)NC1CCCCC1. The van der Waals surface area contributed by atoms with Gasteiger partial charge in [-0.25, -0.2) is 14.8 Å². The minimum Gasteiger partial charge on any atom is -0.493 e. The van der Waals surface area contributed by atoms with Crippen molar-refractivity contribution in [2.45, 2.75) is 57.4 Å². The predicted octanol–water partition coefficient (Wildman–Crippen LogP) is 5.69. The molecule has 5 rings (SSSR count). The van der Waals surface area contributed by atoms with E-state index >= 15 is 0 Å². The molecule has 2 fully saturated rings. The predicted molar refractivity (Wildman–Crippen MR) is 144 cm³/mol. The van der Waals surface area contributed by atoms with Crippen molar-refractivity contribution in [1.82, 2.24) is 20.2 Å². The molecule has 0 spiro atoms. The molecule has 8 heteroatoms. The number of carbonyl (C=O) groups is 1. The fraction of sp³-hybridized carbons (Fsp3) is 0.464. The average Bonchev–Trinajstić information content (AvgIpc) is 3.42. The molecule has 1 aliphatic carbocycles. The summed E-state index contributed by atoms with van der Waals surface area (Å²) in [5, 5.41) is 10.3. The van der Waals surface area contributed by atoms with E-state index < -0.39 is 0 Å². The van der Waals surface area contributed by atoms with Gasteiger partial charge in [0.15, 0.2) is 0 Å². The molecule has 1 saturated heterocycles. The summed E-state index contributed by atoms with van der Waals surface area (Å²) in [5.41, 5.74) is 2.48. The van der Waals surface area contributed by atoms with Crippen molar-refractivity contribution in [2.75, 3.05) is 36.9 Å². The number of hydrogen-bond donors (Lipinski definition) is 3. The van der Waals surface area contributed by atoms with Gasteiger partial charge < -0.3 is 25.6 Å². The fourth-order valence-electron chi connectivity index (χ4n) is 5.08. The van der Waals surface area contributed by atoms with Crippen LogP contribution in [0.2, 0.25) is 0 Å². The molecule has 1 aliphatic heterocycles. The number of hydrogen-bond acceptors (Lipinski definition) is 6. The number of amides is 2. The number of nitrogens with one attached hydrogen (secondary N) is 3. The maximum absolute atomic E-state index is 12.3. The van der Waals surface area contributed by atoms with E-state index in [2.05, 4.69) is 30.8 Å². The van der Waals surface area contributed by atoms with E-state index in [1.165, 1.54) is 45.2 Å². The van der Waals surface area contributed by atoms with E-state index in [1.54, 1.807) is 6.33 Å². The molecule has 0 unspecified atom stereocenters. The number of fused-ring (bicyclic) bond motifs is 1. The lowest BCUT2D eigenvalue weighted by molar-refractivity contribution is 0.244. The van der Waals surface area contributed by atoms with Crippen molar-refractivity contribution in [1.29, 1.82) is 0 Å². The monoisotopic (exact) mass is 488 g/mol. The summed E-state index contributed by atoms with van der Waals surface area (Å²) < 4.78 is 5.98. The summed E-state index contributed by atoms with van der Waals surface area (Å²) in [6, 6.07) is 13.7. The first-order valence-electron chi connectivity index (χ1n) is 13.3. The second-order valence-corrected chi connectivity index (χ2v) is 9.79. The molecule has 190 valence electrons.